The molecule has 4 heteroatoms. The molecule has 0 saturated carbocycles. The first-order chi connectivity index (χ1) is 8.08. The van der Waals surface area contributed by atoms with Crippen LogP contribution in [0.1, 0.15) is 18.9 Å². The predicted octanol–water partition coefficient (Wildman–Crippen LogP) is 1.36. The van der Waals surface area contributed by atoms with E-state index < -0.39 is 0 Å². The standard InChI is InChI=1S/C13H22N2O2/c1-10(16)6-7-15(2)13-8-12(17-3)5-4-11(13)9-14/h4-5,8,10,16H,6-7,9,14H2,1-3H3. The first kappa shape index (κ1) is 13.8. The molecule has 1 unspecified atom stereocenters. The van der Waals surface area contributed by atoms with Crippen LogP contribution in [0.25, 0.3) is 0 Å². The molecular formula is C13H22N2O2. The van der Waals surface area contributed by atoms with Crippen molar-refractivity contribution < 1.29 is 9.84 Å². The molecule has 0 saturated heterocycles. The molecule has 0 aromatic heterocycles. The number of aliphatic hydroxyl groups is 1. The smallest absolute Gasteiger partial charge is 0.120 e. The van der Waals surface area contributed by atoms with Crippen LogP contribution in [-0.4, -0.2) is 31.9 Å². The van der Waals surface area contributed by atoms with Crippen LogP contribution in [0.2, 0.25) is 0 Å². The normalized spacial score (nSPS) is 12.3. The number of anilines is 1. The monoisotopic (exact) mass is 238 g/mol. The van der Waals surface area contributed by atoms with Crippen LogP contribution in [-0.2, 0) is 6.54 Å². The van der Waals surface area contributed by atoms with Gasteiger partial charge in [0.25, 0.3) is 0 Å². The summed E-state index contributed by atoms with van der Waals surface area (Å²) in [6.45, 7) is 3.08. The fraction of sp³-hybridized carbons (Fsp3) is 0.538. The maximum absolute atomic E-state index is 9.30. The molecule has 96 valence electrons. The highest BCUT2D eigenvalue weighted by molar-refractivity contribution is 5.56. The van der Waals surface area contributed by atoms with Gasteiger partial charge >= 0.3 is 0 Å². The number of hydrogen-bond acceptors (Lipinski definition) is 4. The van der Waals surface area contributed by atoms with E-state index >= 15 is 0 Å². The van der Waals surface area contributed by atoms with Gasteiger partial charge in [0.15, 0.2) is 0 Å². The van der Waals surface area contributed by atoms with Crippen LogP contribution in [0, 0.1) is 0 Å². The Balaban J connectivity index is 2.85. The van der Waals surface area contributed by atoms with Crippen LogP contribution in [0.15, 0.2) is 18.2 Å². The number of hydrogen-bond donors (Lipinski definition) is 2. The first-order valence-corrected chi connectivity index (χ1v) is 5.84. The Kier molecular flexibility index (Phi) is 5.25. The summed E-state index contributed by atoms with van der Waals surface area (Å²) in [5.74, 6) is 0.820. The fourth-order valence-electron chi connectivity index (χ4n) is 1.70. The lowest BCUT2D eigenvalue weighted by Gasteiger charge is -2.23. The number of ether oxygens (including phenoxy) is 1. The minimum Gasteiger partial charge on any atom is -0.497 e. The van der Waals surface area contributed by atoms with Crippen molar-refractivity contribution in [1.29, 1.82) is 0 Å². The molecule has 0 spiro atoms. The molecule has 17 heavy (non-hydrogen) atoms. The molecular weight excluding hydrogens is 216 g/mol. The molecule has 3 N–H and O–H groups in total. The fourth-order valence-corrected chi connectivity index (χ4v) is 1.70. The van der Waals surface area contributed by atoms with Gasteiger partial charge in [0, 0.05) is 31.9 Å². The van der Waals surface area contributed by atoms with E-state index in [9.17, 15) is 5.11 Å². The lowest BCUT2D eigenvalue weighted by molar-refractivity contribution is 0.187. The second-order valence-electron chi connectivity index (χ2n) is 4.26. The van der Waals surface area contributed by atoms with Crippen molar-refractivity contribution in [3.63, 3.8) is 0 Å². The van der Waals surface area contributed by atoms with Gasteiger partial charge in [-0.15, -0.1) is 0 Å². The lowest BCUT2D eigenvalue weighted by Crippen LogP contribution is -2.23. The minimum absolute atomic E-state index is 0.288. The number of aliphatic hydroxyl groups excluding tert-OH is 1. The predicted molar refractivity (Wildman–Crippen MR) is 70.5 cm³/mol. The van der Waals surface area contributed by atoms with Crippen LogP contribution < -0.4 is 15.4 Å². The average Bonchev–Trinajstić information content (AvgIpc) is 2.34. The Morgan fingerprint density at radius 1 is 1.47 bits per heavy atom. The molecule has 1 atom stereocenters. The summed E-state index contributed by atoms with van der Waals surface area (Å²) in [4.78, 5) is 2.09. The van der Waals surface area contributed by atoms with E-state index in [-0.39, 0.29) is 6.10 Å². The average molecular weight is 238 g/mol. The SMILES string of the molecule is COc1ccc(CN)c(N(C)CCC(C)O)c1. The van der Waals surface area contributed by atoms with Crippen LogP contribution in [0.3, 0.4) is 0 Å². The van der Waals surface area contributed by atoms with Gasteiger partial charge in [0.1, 0.15) is 5.75 Å². The van der Waals surface area contributed by atoms with Gasteiger partial charge < -0.3 is 20.5 Å². The summed E-state index contributed by atoms with van der Waals surface area (Å²) in [7, 11) is 3.65. The van der Waals surface area contributed by atoms with E-state index in [1.807, 2.05) is 25.2 Å². The Morgan fingerprint density at radius 3 is 2.71 bits per heavy atom. The highest BCUT2D eigenvalue weighted by Gasteiger charge is 2.09. The second kappa shape index (κ2) is 6.47. The number of methoxy groups -OCH3 is 1. The second-order valence-corrected chi connectivity index (χ2v) is 4.26. The molecule has 0 aliphatic carbocycles. The molecule has 0 aliphatic rings. The van der Waals surface area contributed by atoms with E-state index in [4.69, 9.17) is 10.5 Å². The Hall–Kier alpha value is -1.26. The topological polar surface area (TPSA) is 58.7 Å². The van der Waals surface area contributed by atoms with Gasteiger partial charge in [-0.3, -0.25) is 0 Å². The molecule has 0 fully saturated rings. The molecule has 1 rings (SSSR count). The van der Waals surface area contributed by atoms with Crippen LogP contribution in [0.5, 0.6) is 5.75 Å². The van der Waals surface area contributed by atoms with Crippen LogP contribution in [0.4, 0.5) is 5.69 Å². The van der Waals surface area contributed by atoms with Crippen molar-refractivity contribution in [3.8, 4) is 5.75 Å². The van der Waals surface area contributed by atoms with Crippen molar-refractivity contribution >= 4 is 5.69 Å². The van der Waals surface area contributed by atoms with Gasteiger partial charge in [-0.2, -0.15) is 0 Å². The number of benzene rings is 1. The largest absolute Gasteiger partial charge is 0.497 e. The summed E-state index contributed by atoms with van der Waals surface area (Å²) in [5.41, 5.74) is 7.86. The third kappa shape index (κ3) is 3.91. The van der Waals surface area contributed by atoms with E-state index in [2.05, 4.69) is 4.90 Å². The zero-order valence-electron chi connectivity index (χ0n) is 10.8. The Bertz CT molecular complexity index is 353. The van der Waals surface area contributed by atoms with Crippen molar-refractivity contribution in [2.24, 2.45) is 5.73 Å². The number of rotatable bonds is 6. The van der Waals surface area contributed by atoms with E-state index in [1.54, 1.807) is 14.0 Å². The molecule has 0 aliphatic heterocycles. The number of nitrogens with zero attached hydrogens (tertiary/aromatic N) is 1. The zero-order valence-corrected chi connectivity index (χ0v) is 10.8. The lowest BCUT2D eigenvalue weighted by atomic mass is 10.1. The molecule has 0 bridgehead atoms. The Morgan fingerprint density at radius 2 is 2.18 bits per heavy atom. The Labute approximate surface area is 103 Å². The van der Waals surface area contributed by atoms with Gasteiger partial charge in [0.05, 0.1) is 13.2 Å². The zero-order chi connectivity index (χ0) is 12.8. The van der Waals surface area contributed by atoms with E-state index in [1.165, 1.54) is 0 Å². The van der Waals surface area contributed by atoms with E-state index in [0.717, 1.165) is 30.0 Å². The molecule has 0 amide bonds. The van der Waals surface area contributed by atoms with Crippen molar-refractivity contribution in [1.82, 2.24) is 0 Å². The summed E-state index contributed by atoms with van der Waals surface area (Å²) >= 11 is 0. The highest BCUT2D eigenvalue weighted by Crippen LogP contribution is 2.25. The molecule has 1 aromatic rings. The minimum atomic E-state index is -0.288. The molecule has 0 heterocycles. The molecule has 1 aromatic carbocycles. The quantitative estimate of drug-likeness (QED) is 0.785. The maximum atomic E-state index is 9.30. The summed E-state index contributed by atoms with van der Waals surface area (Å²) in [6.07, 6.45) is 0.446. The third-order valence-electron chi connectivity index (χ3n) is 2.81. The van der Waals surface area contributed by atoms with Crippen molar-refractivity contribution in [2.75, 3.05) is 25.6 Å². The van der Waals surface area contributed by atoms with E-state index in [0.29, 0.717) is 6.54 Å². The van der Waals surface area contributed by atoms with Crippen molar-refractivity contribution in [2.45, 2.75) is 26.0 Å². The summed E-state index contributed by atoms with van der Waals surface area (Å²) in [6, 6.07) is 5.87. The summed E-state index contributed by atoms with van der Waals surface area (Å²) in [5, 5.41) is 9.30. The van der Waals surface area contributed by atoms with Gasteiger partial charge in [-0.1, -0.05) is 6.07 Å². The number of nitrogens with two attached hydrogens (primary N) is 1. The van der Waals surface area contributed by atoms with Gasteiger partial charge in [0.2, 0.25) is 0 Å². The van der Waals surface area contributed by atoms with Gasteiger partial charge in [-0.25, -0.2) is 0 Å². The highest BCUT2D eigenvalue weighted by atomic mass is 16.5. The first-order valence-electron chi connectivity index (χ1n) is 5.84. The molecule has 4 nitrogen and oxygen atoms in total. The summed E-state index contributed by atoms with van der Waals surface area (Å²) < 4.78 is 5.21. The molecule has 0 radical (unpaired) electrons. The maximum Gasteiger partial charge on any atom is 0.120 e. The van der Waals surface area contributed by atoms with Gasteiger partial charge in [-0.05, 0) is 25.0 Å². The third-order valence-corrected chi connectivity index (χ3v) is 2.81. The van der Waals surface area contributed by atoms with Crippen LogP contribution >= 0.6 is 0 Å². The van der Waals surface area contributed by atoms with Crippen molar-refractivity contribution in [3.05, 3.63) is 23.8 Å².